The van der Waals surface area contributed by atoms with Gasteiger partial charge in [0.05, 0.1) is 13.7 Å². The normalized spacial score (nSPS) is 18.2. The Morgan fingerprint density at radius 3 is 3.19 bits per heavy atom. The number of esters is 1. The van der Waals surface area contributed by atoms with Crippen molar-refractivity contribution in [3.8, 4) is 0 Å². The van der Waals surface area contributed by atoms with Gasteiger partial charge in [-0.3, -0.25) is 4.79 Å². The highest BCUT2D eigenvalue weighted by Gasteiger charge is 2.22. The topological polar surface area (TPSA) is 64.3 Å². The summed E-state index contributed by atoms with van der Waals surface area (Å²) in [5.74, 6) is -0.233. The number of aryl methyl sites for hydroxylation is 1. The van der Waals surface area contributed by atoms with E-state index in [1.54, 1.807) is 0 Å². The van der Waals surface area contributed by atoms with Crippen LogP contribution in [0.5, 0.6) is 0 Å². The first-order chi connectivity index (χ1) is 7.70. The highest BCUT2D eigenvalue weighted by atomic mass is 16.5. The van der Waals surface area contributed by atoms with Gasteiger partial charge in [-0.1, -0.05) is 6.07 Å². The molecule has 4 nitrogen and oxygen atoms in total. The number of nitrogens with two attached hydrogens (primary N) is 1. The molecule has 0 aliphatic heterocycles. The minimum atomic E-state index is -0.233. The molecule has 0 aromatic heterocycles. The Morgan fingerprint density at radius 1 is 1.62 bits per heavy atom. The molecule has 2 rings (SSSR count). The van der Waals surface area contributed by atoms with Crippen LogP contribution < -0.4 is 11.1 Å². The monoisotopic (exact) mass is 220 g/mol. The molecule has 1 atom stereocenters. The molecule has 1 aliphatic carbocycles. The second kappa shape index (κ2) is 4.53. The Kier molecular flexibility index (Phi) is 3.10. The zero-order valence-electron chi connectivity index (χ0n) is 9.32. The molecule has 0 heterocycles. The number of anilines is 1. The zero-order chi connectivity index (χ0) is 11.5. The molecule has 4 heteroatoms. The number of fused-ring (bicyclic) bond motifs is 1. The third kappa shape index (κ3) is 2.17. The van der Waals surface area contributed by atoms with Crippen molar-refractivity contribution in [3.05, 3.63) is 29.3 Å². The lowest BCUT2D eigenvalue weighted by atomic mass is 10.1. The molecule has 86 valence electrons. The maximum atomic E-state index is 11.0. The van der Waals surface area contributed by atoms with Gasteiger partial charge >= 0.3 is 5.97 Å². The molecular formula is C12H16N2O2. The maximum Gasteiger partial charge on any atom is 0.319 e. The summed E-state index contributed by atoms with van der Waals surface area (Å²) >= 11 is 0. The molecular weight excluding hydrogens is 204 g/mol. The van der Waals surface area contributed by atoms with Crippen molar-refractivity contribution in [1.82, 2.24) is 5.32 Å². The van der Waals surface area contributed by atoms with E-state index in [-0.39, 0.29) is 18.6 Å². The second-order valence-electron chi connectivity index (χ2n) is 4.01. The Morgan fingerprint density at radius 2 is 2.44 bits per heavy atom. The molecule has 0 saturated carbocycles. The summed E-state index contributed by atoms with van der Waals surface area (Å²) in [5, 5.41) is 3.19. The van der Waals surface area contributed by atoms with E-state index in [0.29, 0.717) is 0 Å². The summed E-state index contributed by atoms with van der Waals surface area (Å²) in [6.45, 7) is 0.255. The van der Waals surface area contributed by atoms with Gasteiger partial charge in [0, 0.05) is 11.7 Å². The highest BCUT2D eigenvalue weighted by molar-refractivity contribution is 5.71. The van der Waals surface area contributed by atoms with E-state index in [9.17, 15) is 4.79 Å². The number of rotatable bonds is 3. The molecule has 0 spiro atoms. The van der Waals surface area contributed by atoms with Gasteiger partial charge in [0.15, 0.2) is 0 Å². The number of methoxy groups -OCH3 is 1. The smallest absolute Gasteiger partial charge is 0.319 e. The molecule has 0 amide bonds. The molecule has 0 bridgehead atoms. The van der Waals surface area contributed by atoms with Gasteiger partial charge in [0.25, 0.3) is 0 Å². The van der Waals surface area contributed by atoms with Crippen LogP contribution in [0.25, 0.3) is 0 Å². The lowest BCUT2D eigenvalue weighted by Crippen LogP contribution is -2.27. The van der Waals surface area contributed by atoms with Crippen molar-refractivity contribution in [2.75, 3.05) is 19.4 Å². The highest BCUT2D eigenvalue weighted by Crippen LogP contribution is 2.32. The van der Waals surface area contributed by atoms with Crippen LogP contribution in [0.15, 0.2) is 18.2 Å². The average Bonchev–Trinajstić information content (AvgIpc) is 2.68. The number of carbonyl (C=O) groups is 1. The molecule has 1 aliphatic rings. The fourth-order valence-corrected chi connectivity index (χ4v) is 2.13. The quantitative estimate of drug-likeness (QED) is 0.589. The minimum Gasteiger partial charge on any atom is -0.468 e. The maximum absolute atomic E-state index is 11.0. The first-order valence-corrected chi connectivity index (χ1v) is 5.39. The molecule has 1 aromatic rings. The summed E-state index contributed by atoms with van der Waals surface area (Å²) in [6, 6.07) is 6.19. The summed E-state index contributed by atoms with van der Waals surface area (Å²) in [6.07, 6.45) is 2.02. The van der Waals surface area contributed by atoms with Crippen LogP contribution in [-0.4, -0.2) is 19.6 Å². The molecule has 1 aromatic carbocycles. The summed E-state index contributed by atoms with van der Waals surface area (Å²) in [7, 11) is 1.40. The van der Waals surface area contributed by atoms with Gasteiger partial charge in [0.1, 0.15) is 0 Å². The predicted molar refractivity (Wildman–Crippen MR) is 61.9 cm³/mol. The molecule has 0 fully saturated rings. The van der Waals surface area contributed by atoms with E-state index in [2.05, 4.69) is 10.1 Å². The zero-order valence-corrected chi connectivity index (χ0v) is 9.32. The van der Waals surface area contributed by atoms with Crippen molar-refractivity contribution < 1.29 is 9.53 Å². The largest absolute Gasteiger partial charge is 0.468 e. The third-order valence-electron chi connectivity index (χ3n) is 2.97. The molecule has 0 saturated heterocycles. The fourth-order valence-electron chi connectivity index (χ4n) is 2.13. The molecule has 3 N–H and O–H groups in total. The summed E-state index contributed by atoms with van der Waals surface area (Å²) in [4.78, 5) is 11.0. The molecule has 1 unspecified atom stereocenters. The van der Waals surface area contributed by atoms with Crippen LogP contribution in [-0.2, 0) is 16.0 Å². The number of benzene rings is 1. The Hall–Kier alpha value is -1.55. The van der Waals surface area contributed by atoms with Crippen LogP contribution in [0.2, 0.25) is 0 Å². The van der Waals surface area contributed by atoms with Crippen molar-refractivity contribution in [2.24, 2.45) is 0 Å². The third-order valence-corrected chi connectivity index (χ3v) is 2.97. The van der Waals surface area contributed by atoms with Crippen LogP contribution in [0, 0.1) is 0 Å². The van der Waals surface area contributed by atoms with E-state index in [0.717, 1.165) is 18.5 Å². The first kappa shape index (κ1) is 11.0. The standard InChI is InChI=1S/C12H16N2O2/c1-16-12(15)7-14-11-5-2-8-6-9(13)3-4-10(8)11/h3-4,6,11,14H,2,5,7,13H2,1H3. The number of hydrogen-bond acceptors (Lipinski definition) is 4. The van der Waals surface area contributed by atoms with Crippen molar-refractivity contribution >= 4 is 11.7 Å². The van der Waals surface area contributed by atoms with E-state index in [1.807, 2.05) is 18.2 Å². The number of nitrogen functional groups attached to an aromatic ring is 1. The van der Waals surface area contributed by atoms with Crippen molar-refractivity contribution in [3.63, 3.8) is 0 Å². The lowest BCUT2D eigenvalue weighted by molar-refractivity contribution is -0.139. The summed E-state index contributed by atoms with van der Waals surface area (Å²) < 4.78 is 4.60. The van der Waals surface area contributed by atoms with Crippen LogP contribution in [0.4, 0.5) is 5.69 Å². The minimum absolute atomic E-state index is 0.233. The van der Waals surface area contributed by atoms with Gasteiger partial charge in [-0.15, -0.1) is 0 Å². The Labute approximate surface area is 94.8 Å². The fraction of sp³-hybridized carbons (Fsp3) is 0.417. The van der Waals surface area contributed by atoms with Crippen molar-refractivity contribution in [2.45, 2.75) is 18.9 Å². The van der Waals surface area contributed by atoms with Gasteiger partial charge in [-0.25, -0.2) is 0 Å². The first-order valence-electron chi connectivity index (χ1n) is 5.39. The average molecular weight is 220 g/mol. The summed E-state index contributed by atoms with van der Waals surface area (Å²) in [5.41, 5.74) is 9.05. The van der Waals surface area contributed by atoms with Gasteiger partial charge < -0.3 is 15.8 Å². The number of carbonyl (C=O) groups excluding carboxylic acids is 1. The van der Waals surface area contributed by atoms with E-state index >= 15 is 0 Å². The Bertz CT molecular complexity index is 404. The van der Waals surface area contributed by atoms with E-state index in [4.69, 9.17) is 5.73 Å². The predicted octanol–water partition coefficient (Wildman–Crippen LogP) is 1.02. The number of ether oxygens (including phenoxy) is 1. The Balaban J connectivity index is 2.03. The number of hydrogen-bond donors (Lipinski definition) is 2. The van der Waals surface area contributed by atoms with Gasteiger partial charge in [-0.2, -0.15) is 0 Å². The van der Waals surface area contributed by atoms with E-state index in [1.165, 1.54) is 18.2 Å². The lowest BCUT2D eigenvalue weighted by Gasteiger charge is -2.13. The van der Waals surface area contributed by atoms with Crippen LogP contribution >= 0.6 is 0 Å². The molecule has 0 radical (unpaired) electrons. The number of nitrogens with one attached hydrogen (secondary N) is 1. The molecule has 16 heavy (non-hydrogen) atoms. The van der Waals surface area contributed by atoms with Gasteiger partial charge in [0.2, 0.25) is 0 Å². The second-order valence-corrected chi connectivity index (χ2v) is 4.01. The van der Waals surface area contributed by atoms with E-state index < -0.39 is 0 Å². The van der Waals surface area contributed by atoms with Gasteiger partial charge in [-0.05, 0) is 36.1 Å². The SMILES string of the molecule is COC(=O)CNC1CCc2cc(N)ccc21. The van der Waals surface area contributed by atoms with Crippen molar-refractivity contribution in [1.29, 1.82) is 0 Å². The van der Waals surface area contributed by atoms with Crippen LogP contribution in [0.3, 0.4) is 0 Å². The van der Waals surface area contributed by atoms with Crippen LogP contribution in [0.1, 0.15) is 23.6 Å².